The van der Waals surface area contributed by atoms with Gasteiger partial charge in [-0.3, -0.25) is 18.8 Å². The van der Waals surface area contributed by atoms with Crippen LogP contribution < -0.4 is 26.8 Å². The summed E-state index contributed by atoms with van der Waals surface area (Å²) in [6.07, 6.45) is 8.38. The number of rotatable bonds is 9. The number of halogens is 1. The minimum absolute atomic E-state index is 0.0729. The maximum atomic E-state index is 13.3. The highest BCUT2D eigenvalue weighted by Gasteiger charge is 2.28. The van der Waals surface area contributed by atoms with E-state index < -0.39 is 0 Å². The molecule has 0 radical (unpaired) electrons. The second-order valence-corrected chi connectivity index (χ2v) is 14.4. The molecule has 5 aromatic rings. The third kappa shape index (κ3) is 6.69. The molecule has 2 amide bonds. The normalized spacial score (nSPS) is 19.7. The predicted molar refractivity (Wildman–Crippen MR) is 201 cm³/mol. The molecule has 2 aromatic heterocycles. The standard InChI is InChI=1S/C41H41ClN6O3/c1-24-32(27-14-16-48-37(20-27)45-22-29(41(48)51)21-43-23-30-12-13-38(49)46-30)5-2-6-33(24)35-8-3-7-34(39(35)42)26-11-10-25-18-31(19-28(25)17-26)47-40(50)36-9-4-15-44-36/h2-3,5-8,10-11,14,16-17,20,22,30-31,36,43-44H,4,9,12-13,15,18-19,21,23H2,1H3,(H,46,49)(H,47,50)/t30-,31?,36?/m0/s1. The quantitative estimate of drug-likeness (QED) is 0.165. The second-order valence-electron chi connectivity index (χ2n) is 14.1. The smallest absolute Gasteiger partial charge is 0.262 e. The molecule has 260 valence electrons. The van der Waals surface area contributed by atoms with Crippen LogP contribution in [0, 0.1) is 6.92 Å². The van der Waals surface area contributed by atoms with Crippen LogP contribution in [0.2, 0.25) is 5.02 Å². The first-order valence-electron chi connectivity index (χ1n) is 17.9. The Hall–Kier alpha value is -4.83. The van der Waals surface area contributed by atoms with Crippen molar-refractivity contribution in [2.45, 2.75) is 70.1 Å². The number of aromatic nitrogens is 2. The van der Waals surface area contributed by atoms with E-state index in [1.54, 1.807) is 16.8 Å². The van der Waals surface area contributed by atoms with Gasteiger partial charge in [-0.05, 0) is 96.6 Å². The van der Waals surface area contributed by atoms with E-state index in [1.165, 1.54) is 11.1 Å². The summed E-state index contributed by atoms with van der Waals surface area (Å²) in [4.78, 5) is 42.1. The van der Waals surface area contributed by atoms with Gasteiger partial charge < -0.3 is 21.3 Å². The van der Waals surface area contributed by atoms with E-state index in [-0.39, 0.29) is 35.5 Å². The van der Waals surface area contributed by atoms with Crippen molar-refractivity contribution in [1.29, 1.82) is 0 Å². The first-order valence-corrected chi connectivity index (χ1v) is 18.3. The van der Waals surface area contributed by atoms with Crippen LogP contribution in [0.25, 0.3) is 39.0 Å². The van der Waals surface area contributed by atoms with Crippen molar-refractivity contribution >= 4 is 29.1 Å². The molecule has 0 bridgehead atoms. The summed E-state index contributed by atoms with van der Waals surface area (Å²) in [5.41, 5.74) is 10.6. The second kappa shape index (κ2) is 14.1. The molecule has 8 rings (SSSR count). The lowest BCUT2D eigenvalue weighted by Gasteiger charge is -2.16. The van der Waals surface area contributed by atoms with Crippen LogP contribution in [0.15, 0.2) is 83.9 Å². The van der Waals surface area contributed by atoms with Gasteiger partial charge in [0.15, 0.2) is 0 Å². The summed E-state index contributed by atoms with van der Waals surface area (Å²) in [5.74, 6) is 0.186. The molecule has 3 atom stereocenters. The van der Waals surface area contributed by atoms with Gasteiger partial charge in [-0.25, -0.2) is 4.98 Å². The highest BCUT2D eigenvalue weighted by Crippen LogP contribution is 2.41. The van der Waals surface area contributed by atoms with Gasteiger partial charge in [0, 0.05) is 60.7 Å². The van der Waals surface area contributed by atoms with Gasteiger partial charge in [-0.2, -0.15) is 0 Å². The average Bonchev–Trinajstić information content (AvgIpc) is 3.91. The van der Waals surface area contributed by atoms with E-state index in [1.807, 2.05) is 18.2 Å². The summed E-state index contributed by atoms with van der Waals surface area (Å²) in [5, 5.41) is 13.5. The van der Waals surface area contributed by atoms with Crippen LogP contribution in [-0.2, 0) is 29.0 Å². The SMILES string of the molecule is Cc1c(-c2ccn3c(=O)c(CNC[C@@H]4CCC(=O)N4)cnc3c2)cccc1-c1cccc(-c2ccc3c(c2)CC(NC(=O)C2CCCN2)C3)c1Cl. The number of nitrogens with zero attached hydrogens (tertiary/aromatic N) is 2. The fourth-order valence-corrected chi connectivity index (χ4v) is 8.25. The Kier molecular flexibility index (Phi) is 9.19. The maximum Gasteiger partial charge on any atom is 0.262 e. The Morgan fingerprint density at radius 1 is 0.941 bits per heavy atom. The lowest BCUT2D eigenvalue weighted by Crippen LogP contribution is -2.45. The number of benzene rings is 3. The van der Waals surface area contributed by atoms with Crippen LogP contribution in [0.4, 0.5) is 0 Å². The molecule has 2 aliphatic heterocycles. The summed E-state index contributed by atoms with van der Waals surface area (Å²) < 4.78 is 1.58. The zero-order valence-corrected chi connectivity index (χ0v) is 29.4. The summed E-state index contributed by atoms with van der Waals surface area (Å²) in [6.45, 7) is 4.00. The number of carbonyl (C=O) groups is 2. The Morgan fingerprint density at radius 3 is 2.53 bits per heavy atom. The topological polar surface area (TPSA) is 117 Å². The molecule has 51 heavy (non-hydrogen) atoms. The van der Waals surface area contributed by atoms with Crippen molar-refractivity contribution in [3.8, 4) is 33.4 Å². The molecule has 2 unspecified atom stereocenters. The molecule has 4 N–H and O–H groups in total. The van der Waals surface area contributed by atoms with Gasteiger partial charge in [-0.1, -0.05) is 66.2 Å². The molecule has 3 aromatic carbocycles. The minimum Gasteiger partial charge on any atom is -0.352 e. The molecule has 2 saturated heterocycles. The van der Waals surface area contributed by atoms with Crippen LogP contribution in [0.5, 0.6) is 0 Å². The summed E-state index contributed by atoms with van der Waals surface area (Å²) in [7, 11) is 0. The van der Waals surface area contributed by atoms with Crippen molar-refractivity contribution in [1.82, 2.24) is 30.7 Å². The molecule has 3 aliphatic rings. The first-order chi connectivity index (χ1) is 24.8. The molecule has 0 spiro atoms. The van der Waals surface area contributed by atoms with Gasteiger partial charge in [0.05, 0.1) is 11.1 Å². The van der Waals surface area contributed by atoms with Crippen molar-refractivity contribution in [3.63, 3.8) is 0 Å². The van der Waals surface area contributed by atoms with Crippen LogP contribution in [-0.4, -0.2) is 52.4 Å². The number of fused-ring (bicyclic) bond motifs is 2. The van der Waals surface area contributed by atoms with Crippen LogP contribution in [0.1, 0.15) is 47.9 Å². The number of hydrogen-bond donors (Lipinski definition) is 4. The van der Waals surface area contributed by atoms with Gasteiger partial charge in [-0.15, -0.1) is 0 Å². The van der Waals surface area contributed by atoms with E-state index in [2.05, 4.69) is 81.7 Å². The summed E-state index contributed by atoms with van der Waals surface area (Å²) in [6, 6.07) is 23.0. The molecular weight excluding hydrogens is 660 g/mol. The van der Waals surface area contributed by atoms with Gasteiger partial charge in [0.2, 0.25) is 11.8 Å². The van der Waals surface area contributed by atoms with Crippen LogP contribution in [0.3, 0.4) is 0 Å². The predicted octanol–water partition coefficient (Wildman–Crippen LogP) is 5.36. The number of carbonyl (C=O) groups excluding carboxylic acids is 2. The third-order valence-electron chi connectivity index (χ3n) is 10.7. The van der Waals surface area contributed by atoms with Gasteiger partial charge in [0.1, 0.15) is 5.65 Å². The molecule has 0 saturated carbocycles. The molecule has 2 fully saturated rings. The lowest BCUT2D eigenvalue weighted by molar-refractivity contribution is -0.123. The van der Waals surface area contributed by atoms with E-state index in [9.17, 15) is 14.4 Å². The highest BCUT2D eigenvalue weighted by atomic mass is 35.5. The zero-order valence-electron chi connectivity index (χ0n) is 28.6. The highest BCUT2D eigenvalue weighted by molar-refractivity contribution is 6.36. The van der Waals surface area contributed by atoms with E-state index in [4.69, 9.17) is 11.6 Å². The zero-order chi connectivity index (χ0) is 35.1. The largest absolute Gasteiger partial charge is 0.352 e. The molecule has 1 aliphatic carbocycles. The molecule has 10 heteroatoms. The Bertz CT molecular complexity index is 2230. The lowest BCUT2D eigenvalue weighted by atomic mass is 9.91. The number of pyridine rings is 1. The Balaban J connectivity index is 1.01. The monoisotopic (exact) mass is 700 g/mol. The van der Waals surface area contributed by atoms with Crippen molar-refractivity contribution < 1.29 is 9.59 Å². The molecule has 9 nitrogen and oxygen atoms in total. The number of amides is 2. The summed E-state index contributed by atoms with van der Waals surface area (Å²) >= 11 is 7.22. The maximum absolute atomic E-state index is 13.3. The van der Waals surface area contributed by atoms with Gasteiger partial charge >= 0.3 is 0 Å². The Morgan fingerprint density at radius 2 is 1.73 bits per heavy atom. The van der Waals surface area contributed by atoms with E-state index in [0.29, 0.717) is 35.7 Å². The van der Waals surface area contributed by atoms with Gasteiger partial charge in [0.25, 0.3) is 5.56 Å². The fourth-order valence-electron chi connectivity index (χ4n) is 7.91. The minimum atomic E-state index is -0.114. The van der Waals surface area contributed by atoms with Crippen molar-refractivity contribution in [2.24, 2.45) is 0 Å². The third-order valence-corrected chi connectivity index (χ3v) is 11.1. The van der Waals surface area contributed by atoms with Crippen molar-refractivity contribution in [2.75, 3.05) is 13.1 Å². The molecule has 4 heterocycles. The van der Waals surface area contributed by atoms with E-state index >= 15 is 0 Å². The van der Waals surface area contributed by atoms with Crippen LogP contribution >= 0.6 is 11.6 Å². The Labute approximate surface area is 301 Å². The van der Waals surface area contributed by atoms with E-state index in [0.717, 1.165) is 77.6 Å². The molecular formula is C41H41ClN6O3. The fraction of sp³-hybridized carbons (Fsp3) is 0.317. The van der Waals surface area contributed by atoms with Crippen molar-refractivity contribution in [3.05, 3.63) is 117 Å². The number of nitrogens with one attached hydrogen (secondary N) is 4. The average molecular weight is 701 g/mol. The first kappa shape index (κ1) is 33.3. The number of hydrogen-bond acceptors (Lipinski definition) is 6.